The normalized spacial score (nSPS) is 12.9. The second-order valence-corrected chi connectivity index (χ2v) is 14.6. The lowest BCUT2D eigenvalue weighted by Crippen LogP contribution is -2.28. The number of hydrogen-bond donors (Lipinski definition) is 2. The fourth-order valence-electron chi connectivity index (χ4n) is 6.01. The summed E-state index contributed by atoms with van der Waals surface area (Å²) in [6.07, 6.45) is 60.1. The number of esters is 1. The second kappa shape index (κ2) is 43.3. The van der Waals surface area contributed by atoms with Crippen LogP contribution < -0.4 is 5.32 Å². The van der Waals surface area contributed by atoms with E-state index in [9.17, 15) is 14.4 Å². The Morgan fingerprint density at radius 2 is 0.945 bits per heavy atom. The van der Waals surface area contributed by atoms with Gasteiger partial charge < -0.3 is 15.2 Å². The molecule has 6 heteroatoms. The molecule has 0 aromatic rings. The smallest absolute Gasteiger partial charge is 0.322 e. The third kappa shape index (κ3) is 43.2. The summed E-state index contributed by atoms with van der Waals surface area (Å²) in [7, 11) is 0. The zero-order chi connectivity index (χ0) is 40.1. The fourth-order valence-corrected chi connectivity index (χ4v) is 6.01. The van der Waals surface area contributed by atoms with Crippen molar-refractivity contribution in [1.29, 1.82) is 0 Å². The van der Waals surface area contributed by atoms with Crippen molar-refractivity contribution in [2.75, 3.05) is 6.54 Å². The maximum Gasteiger partial charge on any atom is 0.322 e. The summed E-state index contributed by atoms with van der Waals surface area (Å²) in [5.74, 6) is -1.30. The summed E-state index contributed by atoms with van der Waals surface area (Å²) < 4.78 is 5.94. The van der Waals surface area contributed by atoms with Gasteiger partial charge in [-0.3, -0.25) is 14.4 Å². The monoisotopic (exact) mass is 764 g/mol. The number of hydrogen-bond acceptors (Lipinski definition) is 4. The van der Waals surface area contributed by atoms with E-state index in [-0.39, 0.29) is 24.5 Å². The lowest BCUT2D eigenvalue weighted by molar-refractivity contribution is -0.147. The molecule has 0 aliphatic rings. The molecule has 0 aliphatic carbocycles. The molecular formula is C49H81NO5. The number of unbranched alkanes of at least 4 members (excludes halogenated alkanes) is 16. The number of carboxylic acid groups (broad SMARTS) is 1. The topological polar surface area (TPSA) is 92.7 Å². The van der Waals surface area contributed by atoms with Gasteiger partial charge in [0, 0.05) is 12.8 Å². The van der Waals surface area contributed by atoms with Gasteiger partial charge in [-0.05, 0) is 96.0 Å². The van der Waals surface area contributed by atoms with Crippen molar-refractivity contribution < 1.29 is 24.2 Å². The van der Waals surface area contributed by atoms with E-state index in [0.29, 0.717) is 12.8 Å². The Kier molecular flexibility index (Phi) is 40.6. The molecule has 1 unspecified atom stereocenters. The molecule has 0 rings (SSSR count). The van der Waals surface area contributed by atoms with Gasteiger partial charge in [-0.2, -0.15) is 0 Å². The molecule has 0 aliphatic heterocycles. The van der Waals surface area contributed by atoms with Gasteiger partial charge in [0.2, 0.25) is 5.91 Å². The Bertz CT molecular complexity index is 1110. The van der Waals surface area contributed by atoms with Crippen LogP contribution >= 0.6 is 0 Å². The molecule has 0 aromatic heterocycles. The first kappa shape index (κ1) is 51.6. The SMILES string of the molecule is CC/C=C\C/C=C\C/C=C\C/C=C\C/C=C\C/C=C\CCCCCCC(=O)OC(/C=C\CCCCCCCCC)CCCCCCCCC(=O)NCC(=O)O. The van der Waals surface area contributed by atoms with E-state index in [4.69, 9.17) is 9.84 Å². The van der Waals surface area contributed by atoms with E-state index >= 15 is 0 Å². The van der Waals surface area contributed by atoms with Gasteiger partial charge in [-0.25, -0.2) is 0 Å². The Labute approximate surface area is 337 Å². The van der Waals surface area contributed by atoms with Crippen molar-refractivity contribution >= 4 is 17.8 Å². The molecular weight excluding hydrogens is 683 g/mol. The van der Waals surface area contributed by atoms with Crippen LogP contribution in [0.15, 0.2) is 85.1 Å². The standard InChI is InChI=1S/C49H81NO5/c1-3-5-7-9-11-13-14-15-16-17-18-19-20-21-22-23-24-25-26-28-30-36-40-44-49(54)55-46(41-37-33-29-27-12-10-8-6-4-2)42-38-34-31-32-35-39-43-47(51)50-45-48(52)53/h5,7,11,13,15-16,18-19,21-22,24-25,37,41,46H,3-4,6,8-10,12,14,17,20,23,26-36,38-40,42-45H2,1-2H3,(H,50,51)(H,52,53)/b7-5-,13-11-,16-15-,19-18-,22-21-,25-24-,41-37-. The van der Waals surface area contributed by atoms with E-state index < -0.39 is 5.97 Å². The lowest BCUT2D eigenvalue weighted by atomic mass is 10.0. The zero-order valence-corrected chi connectivity index (χ0v) is 35.2. The first-order valence-electron chi connectivity index (χ1n) is 22.2. The number of amides is 1. The largest absolute Gasteiger partial charge is 0.480 e. The van der Waals surface area contributed by atoms with Crippen molar-refractivity contribution in [2.24, 2.45) is 0 Å². The van der Waals surface area contributed by atoms with E-state index in [1.165, 1.54) is 44.9 Å². The number of carboxylic acids is 1. The summed E-state index contributed by atoms with van der Waals surface area (Å²) in [4.78, 5) is 34.9. The van der Waals surface area contributed by atoms with E-state index in [1.54, 1.807) is 0 Å². The highest BCUT2D eigenvalue weighted by molar-refractivity contribution is 5.80. The number of allylic oxidation sites excluding steroid dienone is 13. The fraction of sp³-hybridized carbons (Fsp3) is 0.653. The van der Waals surface area contributed by atoms with Crippen LogP contribution in [0.25, 0.3) is 0 Å². The van der Waals surface area contributed by atoms with Gasteiger partial charge in [-0.15, -0.1) is 0 Å². The molecule has 0 fully saturated rings. The van der Waals surface area contributed by atoms with Crippen LogP contribution in [-0.2, 0) is 19.1 Å². The number of aliphatic carboxylic acids is 1. The highest BCUT2D eigenvalue weighted by Crippen LogP contribution is 2.16. The maximum atomic E-state index is 12.7. The Morgan fingerprint density at radius 3 is 1.47 bits per heavy atom. The summed E-state index contributed by atoms with van der Waals surface area (Å²) >= 11 is 0. The Hall–Kier alpha value is -3.41. The van der Waals surface area contributed by atoms with Gasteiger partial charge in [0.1, 0.15) is 12.6 Å². The van der Waals surface area contributed by atoms with Crippen molar-refractivity contribution in [1.82, 2.24) is 5.32 Å². The number of carbonyl (C=O) groups is 3. The molecule has 2 N–H and O–H groups in total. The minimum Gasteiger partial charge on any atom is -0.480 e. The summed E-state index contributed by atoms with van der Waals surface area (Å²) in [5.41, 5.74) is 0. The molecule has 1 amide bonds. The average Bonchev–Trinajstić information content (AvgIpc) is 3.17. The zero-order valence-electron chi connectivity index (χ0n) is 35.2. The van der Waals surface area contributed by atoms with Gasteiger partial charge >= 0.3 is 11.9 Å². The van der Waals surface area contributed by atoms with Crippen molar-refractivity contribution in [3.63, 3.8) is 0 Å². The van der Waals surface area contributed by atoms with Gasteiger partial charge in [0.25, 0.3) is 0 Å². The molecule has 0 spiro atoms. The quantitative estimate of drug-likeness (QED) is 0.0369. The minimum atomic E-state index is -1.02. The van der Waals surface area contributed by atoms with Gasteiger partial charge in [-0.1, -0.05) is 170 Å². The highest BCUT2D eigenvalue weighted by Gasteiger charge is 2.11. The predicted octanol–water partition coefficient (Wildman–Crippen LogP) is 14.0. The van der Waals surface area contributed by atoms with E-state index in [0.717, 1.165) is 122 Å². The van der Waals surface area contributed by atoms with Crippen molar-refractivity contribution in [3.05, 3.63) is 85.1 Å². The maximum absolute atomic E-state index is 12.7. The number of rotatable bonds is 39. The van der Waals surface area contributed by atoms with Crippen LogP contribution in [0.5, 0.6) is 0 Å². The third-order valence-corrected chi connectivity index (χ3v) is 9.29. The second-order valence-electron chi connectivity index (χ2n) is 14.6. The number of nitrogens with one attached hydrogen (secondary N) is 1. The molecule has 55 heavy (non-hydrogen) atoms. The first-order valence-corrected chi connectivity index (χ1v) is 22.2. The molecule has 0 heterocycles. The van der Waals surface area contributed by atoms with Crippen LogP contribution in [0, 0.1) is 0 Å². The summed E-state index contributed by atoms with van der Waals surface area (Å²) in [6.45, 7) is 4.09. The Balaban J connectivity index is 4.17. The molecule has 0 saturated heterocycles. The molecule has 6 nitrogen and oxygen atoms in total. The van der Waals surface area contributed by atoms with E-state index in [2.05, 4.69) is 104 Å². The number of carbonyl (C=O) groups excluding carboxylic acids is 2. The minimum absolute atomic E-state index is 0.0799. The number of ether oxygens (including phenoxy) is 1. The van der Waals surface area contributed by atoms with Crippen LogP contribution in [0.3, 0.4) is 0 Å². The highest BCUT2D eigenvalue weighted by atomic mass is 16.5. The molecule has 0 bridgehead atoms. The molecule has 312 valence electrons. The summed E-state index contributed by atoms with van der Waals surface area (Å²) in [6, 6.07) is 0. The molecule has 0 aromatic carbocycles. The predicted molar refractivity (Wildman–Crippen MR) is 235 cm³/mol. The van der Waals surface area contributed by atoms with E-state index in [1.807, 2.05) is 0 Å². The molecule has 1 atom stereocenters. The lowest BCUT2D eigenvalue weighted by Gasteiger charge is -2.15. The van der Waals surface area contributed by atoms with Crippen LogP contribution in [0.4, 0.5) is 0 Å². The average molecular weight is 764 g/mol. The molecule has 0 saturated carbocycles. The van der Waals surface area contributed by atoms with Crippen molar-refractivity contribution in [3.8, 4) is 0 Å². The first-order chi connectivity index (χ1) is 27.0. The molecule has 0 radical (unpaired) electrons. The van der Waals surface area contributed by atoms with Gasteiger partial charge in [0.15, 0.2) is 0 Å². The van der Waals surface area contributed by atoms with Crippen LogP contribution in [0.2, 0.25) is 0 Å². The third-order valence-electron chi connectivity index (χ3n) is 9.29. The van der Waals surface area contributed by atoms with Crippen molar-refractivity contribution in [2.45, 2.75) is 200 Å². The summed E-state index contributed by atoms with van der Waals surface area (Å²) in [5, 5.41) is 11.1. The van der Waals surface area contributed by atoms with Gasteiger partial charge in [0.05, 0.1) is 0 Å². The van der Waals surface area contributed by atoms with Crippen LogP contribution in [0.1, 0.15) is 194 Å². The van der Waals surface area contributed by atoms with Crippen LogP contribution in [-0.4, -0.2) is 35.6 Å². The Morgan fingerprint density at radius 1 is 0.509 bits per heavy atom.